The van der Waals surface area contributed by atoms with Gasteiger partial charge in [-0.3, -0.25) is 14.5 Å². The second-order valence-electron chi connectivity index (χ2n) is 5.34. The topological polar surface area (TPSA) is 71.5 Å². The smallest absolute Gasteiger partial charge is 0.230 e. The minimum absolute atomic E-state index is 0.0910. The molecule has 1 aromatic heterocycles. The quantitative estimate of drug-likeness (QED) is 0.883. The van der Waals surface area contributed by atoms with Crippen molar-refractivity contribution in [2.24, 2.45) is 0 Å². The molecule has 0 saturated carbocycles. The summed E-state index contributed by atoms with van der Waals surface area (Å²) in [5.74, 6) is 0.447. The van der Waals surface area contributed by atoms with E-state index in [1.807, 2.05) is 5.38 Å². The molecule has 3 rings (SSSR count). The van der Waals surface area contributed by atoms with Gasteiger partial charge in [0.1, 0.15) is 5.75 Å². The van der Waals surface area contributed by atoms with Crippen LogP contribution in [0.5, 0.6) is 5.75 Å². The third kappa shape index (κ3) is 3.68. The number of anilines is 2. The number of rotatable bonds is 5. The zero-order valence-corrected chi connectivity index (χ0v) is 14.6. The van der Waals surface area contributed by atoms with Crippen molar-refractivity contribution in [3.05, 3.63) is 34.3 Å². The first-order valence-corrected chi connectivity index (χ1v) is 8.71. The number of thiazole rings is 1. The van der Waals surface area contributed by atoms with Gasteiger partial charge in [-0.25, -0.2) is 4.98 Å². The van der Waals surface area contributed by atoms with Crippen molar-refractivity contribution in [3.63, 3.8) is 0 Å². The minimum atomic E-state index is -0.194. The molecule has 24 heavy (non-hydrogen) atoms. The fourth-order valence-corrected chi connectivity index (χ4v) is 3.59. The Labute approximate surface area is 148 Å². The molecule has 1 aliphatic heterocycles. The number of hydrogen-bond donors (Lipinski definition) is 1. The van der Waals surface area contributed by atoms with Crippen LogP contribution in [0.4, 0.5) is 10.8 Å². The molecular formula is C16H16ClN3O3S. The van der Waals surface area contributed by atoms with Gasteiger partial charge in [-0.15, -0.1) is 11.3 Å². The van der Waals surface area contributed by atoms with E-state index in [0.29, 0.717) is 40.3 Å². The third-order valence-electron chi connectivity index (χ3n) is 3.62. The number of carbonyl (C=O) groups excluding carboxylic acids is 2. The molecule has 0 bridgehead atoms. The SMILES string of the molecule is COc1ccc(NC(=O)Cc2csc(N3CCCC3=O)n2)cc1Cl. The number of hydrogen-bond acceptors (Lipinski definition) is 5. The monoisotopic (exact) mass is 365 g/mol. The molecule has 1 saturated heterocycles. The fourth-order valence-electron chi connectivity index (χ4n) is 2.47. The largest absolute Gasteiger partial charge is 0.495 e. The van der Waals surface area contributed by atoms with Crippen molar-refractivity contribution in [1.82, 2.24) is 4.98 Å². The lowest BCUT2D eigenvalue weighted by molar-refractivity contribution is -0.117. The number of amides is 2. The summed E-state index contributed by atoms with van der Waals surface area (Å²) in [7, 11) is 1.53. The van der Waals surface area contributed by atoms with Gasteiger partial charge in [0.05, 0.1) is 24.2 Å². The lowest BCUT2D eigenvalue weighted by atomic mass is 10.2. The van der Waals surface area contributed by atoms with Gasteiger partial charge in [-0.1, -0.05) is 11.6 Å². The van der Waals surface area contributed by atoms with Crippen molar-refractivity contribution in [1.29, 1.82) is 0 Å². The van der Waals surface area contributed by atoms with Crippen LogP contribution in [0, 0.1) is 0 Å². The molecular weight excluding hydrogens is 350 g/mol. The Hall–Kier alpha value is -2.12. The van der Waals surface area contributed by atoms with E-state index in [0.717, 1.165) is 6.42 Å². The second kappa shape index (κ2) is 7.19. The maximum absolute atomic E-state index is 12.1. The molecule has 0 atom stereocenters. The van der Waals surface area contributed by atoms with Crippen molar-refractivity contribution >= 4 is 45.6 Å². The lowest BCUT2D eigenvalue weighted by Crippen LogP contribution is -2.23. The lowest BCUT2D eigenvalue weighted by Gasteiger charge is -2.10. The summed E-state index contributed by atoms with van der Waals surface area (Å²) in [6.07, 6.45) is 1.56. The molecule has 0 unspecified atom stereocenters. The standard InChI is InChI=1S/C16H16ClN3O3S/c1-23-13-5-4-10(7-12(13)17)18-14(21)8-11-9-24-16(19-11)20-6-2-3-15(20)22/h4-5,7,9H,2-3,6,8H2,1H3,(H,18,21). The number of ether oxygens (including phenoxy) is 1. The normalized spacial score (nSPS) is 14.1. The zero-order chi connectivity index (χ0) is 17.1. The molecule has 1 aliphatic rings. The summed E-state index contributed by atoms with van der Waals surface area (Å²) < 4.78 is 5.08. The van der Waals surface area contributed by atoms with Gasteiger partial charge >= 0.3 is 0 Å². The number of halogens is 1. The Morgan fingerprint density at radius 1 is 1.50 bits per heavy atom. The van der Waals surface area contributed by atoms with Crippen LogP contribution in [-0.4, -0.2) is 30.5 Å². The van der Waals surface area contributed by atoms with Gasteiger partial charge in [0.15, 0.2) is 5.13 Å². The van der Waals surface area contributed by atoms with Gasteiger partial charge in [-0.2, -0.15) is 0 Å². The van der Waals surface area contributed by atoms with Crippen LogP contribution in [0.25, 0.3) is 0 Å². The van der Waals surface area contributed by atoms with Crippen LogP contribution < -0.4 is 15.0 Å². The molecule has 1 N–H and O–H groups in total. The second-order valence-corrected chi connectivity index (χ2v) is 6.59. The number of nitrogens with one attached hydrogen (secondary N) is 1. The highest BCUT2D eigenvalue weighted by Gasteiger charge is 2.24. The number of benzene rings is 1. The average molecular weight is 366 g/mol. The molecule has 2 heterocycles. The first-order valence-electron chi connectivity index (χ1n) is 7.45. The van der Waals surface area contributed by atoms with Gasteiger partial charge < -0.3 is 10.1 Å². The summed E-state index contributed by atoms with van der Waals surface area (Å²) in [6.45, 7) is 0.697. The molecule has 1 aromatic carbocycles. The summed E-state index contributed by atoms with van der Waals surface area (Å²) in [5.41, 5.74) is 1.24. The molecule has 8 heteroatoms. The van der Waals surface area contributed by atoms with E-state index in [2.05, 4.69) is 10.3 Å². The summed E-state index contributed by atoms with van der Waals surface area (Å²) in [6, 6.07) is 5.05. The number of aromatic nitrogens is 1. The molecule has 1 fully saturated rings. The molecule has 2 aromatic rings. The zero-order valence-electron chi connectivity index (χ0n) is 13.0. The number of nitrogens with zero attached hydrogens (tertiary/aromatic N) is 2. The van der Waals surface area contributed by atoms with Crippen molar-refractivity contribution in [2.75, 3.05) is 23.9 Å². The van der Waals surface area contributed by atoms with E-state index in [1.165, 1.54) is 18.4 Å². The first-order chi connectivity index (χ1) is 11.6. The Balaban J connectivity index is 1.62. The number of carbonyl (C=O) groups is 2. The third-order valence-corrected chi connectivity index (χ3v) is 4.83. The maximum atomic E-state index is 12.1. The van der Waals surface area contributed by atoms with Crippen LogP contribution in [0.3, 0.4) is 0 Å². The summed E-state index contributed by atoms with van der Waals surface area (Å²) in [5, 5.41) is 5.67. The Kier molecular flexibility index (Phi) is 5.01. The predicted octanol–water partition coefficient (Wildman–Crippen LogP) is 3.11. The minimum Gasteiger partial charge on any atom is -0.495 e. The molecule has 2 amide bonds. The van der Waals surface area contributed by atoms with Gasteiger partial charge in [0.2, 0.25) is 11.8 Å². The van der Waals surface area contributed by atoms with Crippen LogP contribution in [-0.2, 0) is 16.0 Å². The van der Waals surface area contributed by atoms with E-state index >= 15 is 0 Å². The van der Waals surface area contributed by atoms with Crippen molar-refractivity contribution in [3.8, 4) is 5.75 Å². The maximum Gasteiger partial charge on any atom is 0.230 e. The Morgan fingerprint density at radius 3 is 3.00 bits per heavy atom. The highest BCUT2D eigenvalue weighted by atomic mass is 35.5. The Morgan fingerprint density at radius 2 is 2.33 bits per heavy atom. The number of methoxy groups -OCH3 is 1. The van der Waals surface area contributed by atoms with Gasteiger partial charge in [-0.05, 0) is 24.6 Å². The summed E-state index contributed by atoms with van der Waals surface area (Å²) in [4.78, 5) is 29.9. The van der Waals surface area contributed by atoms with E-state index in [9.17, 15) is 9.59 Å². The van der Waals surface area contributed by atoms with Gasteiger partial charge in [0, 0.05) is 24.0 Å². The molecule has 0 aliphatic carbocycles. The highest BCUT2D eigenvalue weighted by molar-refractivity contribution is 7.14. The van der Waals surface area contributed by atoms with E-state index in [4.69, 9.17) is 16.3 Å². The van der Waals surface area contributed by atoms with Crippen LogP contribution >= 0.6 is 22.9 Å². The summed E-state index contributed by atoms with van der Waals surface area (Å²) >= 11 is 7.42. The average Bonchev–Trinajstić information content (AvgIpc) is 3.16. The molecule has 6 nitrogen and oxygen atoms in total. The molecule has 126 valence electrons. The molecule has 0 radical (unpaired) electrons. The molecule has 0 spiro atoms. The fraction of sp³-hybridized carbons (Fsp3) is 0.312. The highest BCUT2D eigenvalue weighted by Crippen LogP contribution is 2.28. The van der Waals surface area contributed by atoms with Crippen molar-refractivity contribution in [2.45, 2.75) is 19.3 Å². The van der Waals surface area contributed by atoms with E-state index < -0.39 is 0 Å². The Bertz CT molecular complexity index is 778. The van der Waals surface area contributed by atoms with Crippen molar-refractivity contribution < 1.29 is 14.3 Å². The van der Waals surface area contributed by atoms with Crippen LogP contribution in [0.15, 0.2) is 23.6 Å². The predicted molar refractivity (Wildman–Crippen MR) is 94.0 cm³/mol. The van der Waals surface area contributed by atoms with Gasteiger partial charge in [0.25, 0.3) is 0 Å². The van der Waals surface area contributed by atoms with Crippen LogP contribution in [0.1, 0.15) is 18.5 Å². The van der Waals surface area contributed by atoms with E-state index in [1.54, 1.807) is 23.1 Å². The van der Waals surface area contributed by atoms with Crippen LogP contribution in [0.2, 0.25) is 5.02 Å². The first kappa shape index (κ1) is 16.7. The van der Waals surface area contributed by atoms with E-state index in [-0.39, 0.29) is 18.2 Å².